The maximum Gasteiger partial charge on any atom is 0.317 e. The monoisotopic (exact) mass is 343 g/mol. The summed E-state index contributed by atoms with van der Waals surface area (Å²) in [7, 11) is 0. The fourth-order valence-corrected chi connectivity index (χ4v) is 5.61. The van der Waals surface area contributed by atoms with E-state index in [2.05, 4.69) is 20.2 Å². The minimum atomic E-state index is 0.0890. The molecule has 0 radical (unpaired) electrons. The third-order valence-corrected chi connectivity index (χ3v) is 6.71. The van der Waals surface area contributed by atoms with Crippen LogP contribution in [0.2, 0.25) is 0 Å². The van der Waals surface area contributed by atoms with Crippen molar-refractivity contribution in [2.45, 2.75) is 38.1 Å². The first-order chi connectivity index (χ1) is 11.8. The van der Waals surface area contributed by atoms with Crippen LogP contribution in [0.1, 0.15) is 29.7 Å². The molecule has 4 heterocycles. The lowest BCUT2D eigenvalue weighted by molar-refractivity contribution is 0.189. The Balaban J connectivity index is 1.49. The molecule has 1 aliphatic carbocycles. The van der Waals surface area contributed by atoms with Crippen LogP contribution in [0.5, 0.6) is 0 Å². The molecule has 0 spiro atoms. The number of fused-ring (bicyclic) bond motifs is 3. The second kappa shape index (κ2) is 5.58. The molecule has 0 unspecified atom stereocenters. The van der Waals surface area contributed by atoms with Crippen molar-refractivity contribution in [1.82, 2.24) is 20.2 Å². The molecule has 7 heteroatoms. The van der Waals surface area contributed by atoms with Gasteiger partial charge in [0.2, 0.25) is 0 Å². The third kappa shape index (κ3) is 2.17. The molecule has 3 aliphatic rings. The maximum atomic E-state index is 12.0. The van der Waals surface area contributed by atoms with Gasteiger partial charge in [0.25, 0.3) is 0 Å². The summed E-state index contributed by atoms with van der Waals surface area (Å²) in [6.45, 7) is 3.49. The molecule has 0 aromatic carbocycles. The summed E-state index contributed by atoms with van der Waals surface area (Å²) in [5, 5.41) is 4.20. The van der Waals surface area contributed by atoms with Crippen LogP contribution >= 0.6 is 11.3 Å². The van der Waals surface area contributed by atoms with E-state index in [1.807, 2.05) is 16.2 Å². The number of hydrogen-bond acceptors (Lipinski definition) is 5. The van der Waals surface area contributed by atoms with Gasteiger partial charge in [0.1, 0.15) is 17.0 Å². The van der Waals surface area contributed by atoms with E-state index in [0.717, 1.165) is 56.1 Å². The van der Waals surface area contributed by atoms with Crippen molar-refractivity contribution < 1.29 is 4.79 Å². The van der Waals surface area contributed by atoms with Crippen molar-refractivity contribution in [3.63, 3.8) is 0 Å². The SMILES string of the molecule is O=C1NCCN1[C@@H]1CCCN(c2ncnc3sc4c(c23)CCC4)C1. The lowest BCUT2D eigenvalue weighted by Crippen LogP contribution is -2.49. The lowest BCUT2D eigenvalue weighted by Gasteiger charge is -2.37. The molecular weight excluding hydrogens is 322 g/mol. The van der Waals surface area contributed by atoms with Crippen LogP contribution in [-0.2, 0) is 12.8 Å². The molecule has 2 aliphatic heterocycles. The Morgan fingerprint density at radius 2 is 2.17 bits per heavy atom. The second-order valence-electron chi connectivity index (χ2n) is 6.90. The average Bonchev–Trinajstić information content (AvgIpc) is 3.30. The van der Waals surface area contributed by atoms with Gasteiger partial charge in [-0.05, 0) is 37.7 Å². The molecule has 6 nitrogen and oxygen atoms in total. The topological polar surface area (TPSA) is 61.4 Å². The number of urea groups is 1. The Hall–Kier alpha value is -1.89. The highest BCUT2D eigenvalue weighted by molar-refractivity contribution is 7.19. The molecule has 0 saturated carbocycles. The number of carbonyl (C=O) groups is 1. The number of hydrogen-bond donors (Lipinski definition) is 1. The molecule has 24 heavy (non-hydrogen) atoms. The summed E-state index contributed by atoms with van der Waals surface area (Å²) in [6, 6.07) is 0.379. The van der Waals surface area contributed by atoms with E-state index >= 15 is 0 Å². The molecule has 2 saturated heterocycles. The number of piperidine rings is 1. The standard InChI is InChI=1S/C17H21N5OS/c23-17-18-6-8-22(17)11-3-2-7-21(9-11)15-14-12-4-1-5-13(12)24-16(14)20-10-19-15/h10-11H,1-9H2,(H,18,23)/t11-/m1/s1. The fourth-order valence-electron chi connectivity index (χ4n) is 4.39. The van der Waals surface area contributed by atoms with Gasteiger partial charge in [-0.2, -0.15) is 0 Å². The molecule has 5 rings (SSSR count). The number of carbonyl (C=O) groups excluding carboxylic acids is 1. The zero-order valence-electron chi connectivity index (χ0n) is 13.6. The van der Waals surface area contributed by atoms with Gasteiger partial charge in [-0.25, -0.2) is 14.8 Å². The van der Waals surface area contributed by atoms with Crippen LogP contribution in [0.4, 0.5) is 10.6 Å². The number of rotatable bonds is 2. The van der Waals surface area contributed by atoms with Gasteiger partial charge in [-0.3, -0.25) is 0 Å². The van der Waals surface area contributed by atoms with Gasteiger partial charge in [0.15, 0.2) is 0 Å². The number of aryl methyl sites for hydroxylation is 2. The van der Waals surface area contributed by atoms with Crippen LogP contribution in [0.15, 0.2) is 6.33 Å². The molecular formula is C17H21N5OS. The summed E-state index contributed by atoms with van der Waals surface area (Å²) < 4.78 is 0. The predicted molar refractivity (Wildman–Crippen MR) is 94.8 cm³/mol. The highest BCUT2D eigenvalue weighted by Crippen LogP contribution is 2.40. The summed E-state index contributed by atoms with van der Waals surface area (Å²) in [4.78, 5) is 28.2. The Bertz CT molecular complexity index is 804. The smallest absolute Gasteiger partial charge is 0.317 e. The molecule has 126 valence electrons. The first kappa shape index (κ1) is 14.5. The number of amides is 2. The Kier molecular flexibility index (Phi) is 3.36. The van der Waals surface area contributed by atoms with E-state index in [1.54, 1.807) is 6.33 Å². The van der Waals surface area contributed by atoms with Crippen molar-refractivity contribution in [2.24, 2.45) is 0 Å². The molecule has 1 N–H and O–H groups in total. The van der Waals surface area contributed by atoms with E-state index in [1.165, 1.54) is 28.7 Å². The minimum absolute atomic E-state index is 0.0890. The molecule has 1 atom stereocenters. The van der Waals surface area contributed by atoms with Crippen molar-refractivity contribution in [3.05, 3.63) is 16.8 Å². The predicted octanol–water partition coefficient (Wildman–Crippen LogP) is 2.17. The summed E-state index contributed by atoms with van der Waals surface area (Å²) in [5.74, 6) is 1.09. The first-order valence-corrected chi connectivity index (χ1v) is 9.67. The van der Waals surface area contributed by atoms with Gasteiger partial charge in [-0.1, -0.05) is 0 Å². The van der Waals surface area contributed by atoms with E-state index in [-0.39, 0.29) is 12.1 Å². The zero-order valence-corrected chi connectivity index (χ0v) is 14.4. The van der Waals surface area contributed by atoms with Crippen molar-refractivity contribution in [3.8, 4) is 0 Å². The van der Waals surface area contributed by atoms with Crippen LogP contribution < -0.4 is 10.2 Å². The first-order valence-electron chi connectivity index (χ1n) is 8.86. The van der Waals surface area contributed by atoms with Gasteiger partial charge >= 0.3 is 6.03 Å². The van der Waals surface area contributed by atoms with Crippen LogP contribution in [0.3, 0.4) is 0 Å². The van der Waals surface area contributed by atoms with Gasteiger partial charge in [0.05, 0.1) is 11.4 Å². The van der Waals surface area contributed by atoms with Crippen molar-refractivity contribution >= 4 is 33.4 Å². The number of nitrogens with zero attached hydrogens (tertiary/aromatic N) is 4. The quantitative estimate of drug-likeness (QED) is 0.908. The molecule has 2 fully saturated rings. The molecule has 0 bridgehead atoms. The average molecular weight is 343 g/mol. The van der Waals surface area contributed by atoms with E-state index in [9.17, 15) is 4.79 Å². The van der Waals surface area contributed by atoms with Crippen LogP contribution in [0.25, 0.3) is 10.2 Å². The number of thiophene rings is 1. The second-order valence-corrected chi connectivity index (χ2v) is 7.99. The fraction of sp³-hybridized carbons (Fsp3) is 0.588. The van der Waals surface area contributed by atoms with E-state index in [0.29, 0.717) is 0 Å². The van der Waals surface area contributed by atoms with E-state index in [4.69, 9.17) is 0 Å². The molecule has 2 aromatic rings. The van der Waals surface area contributed by atoms with Crippen molar-refractivity contribution in [2.75, 3.05) is 31.1 Å². The summed E-state index contributed by atoms with van der Waals surface area (Å²) in [6.07, 6.45) is 7.48. The zero-order chi connectivity index (χ0) is 16.1. The number of anilines is 1. The summed E-state index contributed by atoms with van der Waals surface area (Å²) in [5.41, 5.74) is 1.48. The van der Waals surface area contributed by atoms with Gasteiger partial charge in [0, 0.05) is 31.1 Å². The highest BCUT2D eigenvalue weighted by atomic mass is 32.1. The van der Waals surface area contributed by atoms with E-state index < -0.39 is 0 Å². The van der Waals surface area contributed by atoms with Crippen LogP contribution in [0, 0.1) is 0 Å². The highest BCUT2D eigenvalue weighted by Gasteiger charge is 2.33. The number of aromatic nitrogens is 2. The number of nitrogens with one attached hydrogen (secondary N) is 1. The molecule has 2 amide bonds. The molecule has 2 aromatic heterocycles. The summed E-state index contributed by atoms with van der Waals surface area (Å²) >= 11 is 1.84. The van der Waals surface area contributed by atoms with Gasteiger partial charge < -0.3 is 15.1 Å². The normalized spacial score (nSPS) is 23.8. The maximum absolute atomic E-state index is 12.0. The van der Waals surface area contributed by atoms with Crippen LogP contribution in [-0.4, -0.2) is 53.1 Å². The Morgan fingerprint density at radius 1 is 1.21 bits per heavy atom. The third-order valence-electron chi connectivity index (χ3n) is 5.51. The van der Waals surface area contributed by atoms with Gasteiger partial charge in [-0.15, -0.1) is 11.3 Å². The minimum Gasteiger partial charge on any atom is -0.354 e. The largest absolute Gasteiger partial charge is 0.354 e. The van der Waals surface area contributed by atoms with Crippen molar-refractivity contribution in [1.29, 1.82) is 0 Å². The lowest BCUT2D eigenvalue weighted by atomic mass is 10.0. The Morgan fingerprint density at radius 3 is 3.04 bits per heavy atom. The Labute approximate surface area is 144 Å².